The lowest BCUT2D eigenvalue weighted by Gasteiger charge is -2.27. The van der Waals surface area contributed by atoms with Gasteiger partial charge in [-0.05, 0) is 12.8 Å². The highest BCUT2D eigenvalue weighted by molar-refractivity contribution is 5.96. The summed E-state index contributed by atoms with van der Waals surface area (Å²) in [6.07, 6.45) is -0.114. The quantitative estimate of drug-likeness (QED) is 0.539. The normalized spacial score (nSPS) is 21.4. The van der Waals surface area contributed by atoms with Crippen molar-refractivity contribution in [2.24, 2.45) is 0 Å². The fourth-order valence-electron chi connectivity index (χ4n) is 2.32. The number of nitrogens with zero attached hydrogens (tertiary/aromatic N) is 1. The van der Waals surface area contributed by atoms with E-state index >= 15 is 0 Å². The lowest BCUT2D eigenvalue weighted by atomic mass is 10.1. The van der Waals surface area contributed by atoms with Crippen molar-refractivity contribution in [1.82, 2.24) is 4.90 Å². The highest BCUT2D eigenvalue weighted by Gasteiger charge is 2.42. The van der Waals surface area contributed by atoms with E-state index in [9.17, 15) is 19.2 Å². The molecule has 112 valence electrons. The van der Waals surface area contributed by atoms with E-state index in [1.54, 1.807) is 0 Å². The van der Waals surface area contributed by atoms with E-state index in [0.29, 0.717) is 12.8 Å². The molecule has 0 aliphatic carbocycles. The average molecular weight is 287 g/mol. The summed E-state index contributed by atoms with van der Waals surface area (Å²) in [5, 5.41) is 8.84. The Balaban J connectivity index is 2.89. The molecule has 2 atom stereocenters. The van der Waals surface area contributed by atoms with Gasteiger partial charge in [-0.3, -0.25) is 14.4 Å². The number of amides is 1. The van der Waals surface area contributed by atoms with Crippen molar-refractivity contribution in [3.63, 3.8) is 0 Å². The minimum absolute atomic E-state index is 0.277. The second-order valence-electron chi connectivity index (χ2n) is 4.42. The zero-order valence-electron chi connectivity index (χ0n) is 11.3. The summed E-state index contributed by atoms with van der Waals surface area (Å²) in [7, 11) is 2.34. The van der Waals surface area contributed by atoms with Gasteiger partial charge in [0, 0.05) is 6.04 Å². The van der Waals surface area contributed by atoms with Gasteiger partial charge in [0.2, 0.25) is 5.91 Å². The SMILES string of the molecule is COC(=O)CC(=O)N1[C@@H](CC(=O)O)CC[C@H]1C(=O)OC. The van der Waals surface area contributed by atoms with Gasteiger partial charge in [-0.25, -0.2) is 4.79 Å². The Hall–Kier alpha value is -2.12. The molecule has 1 aliphatic heterocycles. The van der Waals surface area contributed by atoms with Crippen LogP contribution >= 0.6 is 0 Å². The summed E-state index contributed by atoms with van der Waals surface area (Å²) in [6.45, 7) is 0. The van der Waals surface area contributed by atoms with Crippen LogP contribution in [0.25, 0.3) is 0 Å². The summed E-state index contributed by atoms with van der Waals surface area (Å²) in [5.41, 5.74) is 0. The molecule has 0 aromatic carbocycles. The van der Waals surface area contributed by atoms with Crippen molar-refractivity contribution in [3.05, 3.63) is 0 Å². The van der Waals surface area contributed by atoms with Crippen LogP contribution in [-0.2, 0) is 28.7 Å². The number of methoxy groups -OCH3 is 2. The van der Waals surface area contributed by atoms with E-state index < -0.39 is 42.3 Å². The predicted octanol–water partition coefficient (Wildman–Crippen LogP) is -0.443. The molecule has 8 heteroatoms. The number of hydrogen-bond donors (Lipinski definition) is 1. The fraction of sp³-hybridized carbons (Fsp3) is 0.667. The van der Waals surface area contributed by atoms with Crippen LogP contribution in [0.4, 0.5) is 0 Å². The smallest absolute Gasteiger partial charge is 0.328 e. The summed E-state index contributed by atoms with van der Waals surface area (Å²) in [5.74, 6) is -3.05. The van der Waals surface area contributed by atoms with Crippen LogP contribution in [0.3, 0.4) is 0 Å². The molecular weight excluding hydrogens is 270 g/mol. The van der Waals surface area contributed by atoms with Gasteiger partial charge in [-0.2, -0.15) is 0 Å². The maximum absolute atomic E-state index is 12.1. The van der Waals surface area contributed by atoms with Crippen molar-refractivity contribution in [2.75, 3.05) is 14.2 Å². The number of aliphatic carboxylic acids is 1. The minimum Gasteiger partial charge on any atom is -0.481 e. The monoisotopic (exact) mass is 287 g/mol. The molecule has 1 N–H and O–H groups in total. The Bertz CT molecular complexity index is 420. The van der Waals surface area contributed by atoms with Gasteiger partial charge in [0.15, 0.2) is 0 Å². The molecule has 1 saturated heterocycles. The van der Waals surface area contributed by atoms with Crippen LogP contribution in [0, 0.1) is 0 Å². The van der Waals surface area contributed by atoms with E-state index in [1.165, 1.54) is 7.11 Å². The third-order valence-corrected chi connectivity index (χ3v) is 3.20. The first-order valence-corrected chi connectivity index (χ1v) is 6.08. The lowest BCUT2D eigenvalue weighted by molar-refractivity contribution is -0.156. The van der Waals surface area contributed by atoms with Crippen molar-refractivity contribution >= 4 is 23.8 Å². The van der Waals surface area contributed by atoms with Crippen LogP contribution in [0.2, 0.25) is 0 Å². The highest BCUT2D eigenvalue weighted by atomic mass is 16.5. The molecule has 1 aliphatic rings. The third kappa shape index (κ3) is 3.69. The van der Waals surface area contributed by atoms with Gasteiger partial charge in [0.25, 0.3) is 0 Å². The molecule has 1 fully saturated rings. The number of carbonyl (C=O) groups excluding carboxylic acids is 3. The van der Waals surface area contributed by atoms with Crippen LogP contribution in [0.15, 0.2) is 0 Å². The first-order chi connectivity index (χ1) is 9.40. The molecule has 0 bridgehead atoms. The van der Waals surface area contributed by atoms with E-state index in [-0.39, 0.29) is 6.42 Å². The maximum atomic E-state index is 12.1. The molecule has 1 heterocycles. The molecule has 1 rings (SSSR count). The standard InChI is InChI=1S/C12H17NO7/c1-19-11(17)6-9(14)13-7(5-10(15)16)3-4-8(13)12(18)20-2/h7-8H,3-6H2,1-2H3,(H,15,16)/t7-,8+/m1/s1. The Kier molecular flexibility index (Phi) is 5.48. The van der Waals surface area contributed by atoms with Crippen molar-refractivity contribution < 1.29 is 33.8 Å². The highest BCUT2D eigenvalue weighted by Crippen LogP contribution is 2.28. The first kappa shape index (κ1) is 15.9. The largest absolute Gasteiger partial charge is 0.481 e. The maximum Gasteiger partial charge on any atom is 0.328 e. The number of carboxylic acid groups (broad SMARTS) is 1. The topological polar surface area (TPSA) is 110 Å². The Labute approximate surface area is 115 Å². The molecular formula is C12H17NO7. The molecule has 20 heavy (non-hydrogen) atoms. The first-order valence-electron chi connectivity index (χ1n) is 6.08. The van der Waals surface area contributed by atoms with Gasteiger partial charge >= 0.3 is 17.9 Å². The van der Waals surface area contributed by atoms with Crippen molar-refractivity contribution in [1.29, 1.82) is 0 Å². The van der Waals surface area contributed by atoms with E-state index in [2.05, 4.69) is 9.47 Å². The average Bonchev–Trinajstić information content (AvgIpc) is 2.80. The predicted molar refractivity (Wildman–Crippen MR) is 64.6 cm³/mol. The lowest BCUT2D eigenvalue weighted by Crippen LogP contribution is -2.46. The van der Waals surface area contributed by atoms with Crippen molar-refractivity contribution in [2.45, 2.75) is 37.8 Å². The van der Waals surface area contributed by atoms with E-state index in [4.69, 9.17) is 5.11 Å². The van der Waals surface area contributed by atoms with E-state index in [1.807, 2.05) is 0 Å². The summed E-state index contributed by atoms with van der Waals surface area (Å²) in [6, 6.07) is -1.46. The zero-order valence-corrected chi connectivity index (χ0v) is 11.3. The molecule has 8 nitrogen and oxygen atoms in total. The Morgan fingerprint density at radius 2 is 1.80 bits per heavy atom. The Morgan fingerprint density at radius 1 is 1.15 bits per heavy atom. The summed E-state index contributed by atoms with van der Waals surface area (Å²) in [4.78, 5) is 46.8. The molecule has 0 spiro atoms. The summed E-state index contributed by atoms with van der Waals surface area (Å²) >= 11 is 0. The number of carbonyl (C=O) groups is 4. The van der Waals surface area contributed by atoms with Crippen molar-refractivity contribution in [3.8, 4) is 0 Å². The second-order valence-corrected chi connectivity index (χ2v) is 4.42. The van der Waals surface area contributed by atoms with Gasteiger partial charge < -0.3 is 19.5 Å². The Morgan fingerprint density at radius 3 is 2.30 bits per heavy atom. The fourth-order valence-corrected chi connectivity index (χ4v) is 2.32. The molecule has 0 unspecified atom stereocenters. The number of esters is 2. The van der Waals surface area contributed by atoms with Gasteiger partial charge in [0.1, 0.15) is 12.5 Å². The zero-order chi connectivity index (χ0) is 15.3. The number of rotatable bonds is 5. The van der Waals surface area contributed by atoms with Crippen LogP contribution < -0.4 is 0 Å². The number of carboxylic acids is 1. The van der Waals surface area contributed by atoms with Gasteiger partial charge in [-0.15, -0.1) is 0 Å². The van der Waals surface area contributed by atoms with Crippen LogP contribution in [0.5, 0.6) is 0 Å². The van der Waals surface area contributed by atoms with Gasteiger partial charge in [-0.1, -0.05) is 0 Å². The molecule has 0 aromatic rings. The van der Waals surface area contributed by atoms with E-state index in [0.717, 1.165) is 12.0 Å². The minimum atomic E-state index is -1.07. The molecule has 0 aromatic heterocycles. The third-order valence-electron chi connectivity index (χ3n) is 3.20. The number of ether oxygens (including phenoxy) is 2. The molecule has 0 radical (unpaired) electrons. The number of hydrogen-bond acceptors (Lipinski definition) is 6. The second kappa shape index (κ2) is 6.88. The van der Waals surface area contributed by atoms with Crippen LogP contribution in [-0.4, -0.2) is 60.1 Å². The summed E-state index contributed by atoms with van der Waals surface area (Å²) < 4.78 is 9.00. The van der Waals surface area contributed by atoms with Gasteiger partial charge in [0.05, 0.1) is 20.6 Å². The number of likely N-dealkylation sites (tertiary alicyclic amines) is 1. The molecule has 0 saturated carbocycles. The van der Waals surface area contributed by atoms with Crippen LogP contribution in [0.1, 0.15) is 25.7 Å². The molecule has 1 amide bonds.